The molecule has 1 rings (SSSR count). The zero-order valence-electron chi connectivity index (χ0n) is 14.1. The van der Waals surface area contributed by atoms with Crippen molar-refractivity contribution in [2.45, 2.75) is 64.7 Å². The molecule has 0 N–H and O–H groups in total. The van der Waals surface area contributed by atoms with Gasteiger partial charge >= 0.3 is 0 Å². The van der Waals surface area contributed by atoms with E-state index in [9.17, 15) is 0 Å². The summed E-state index contributed by atoms with van der Waals surface area (Å²) >= 11 is 0. The van der Waals surface area contributed by atoms with Gasteiger partial charge in [0.2, 0.25) is 0 Å². The SMILES string of the molecule is CCCCCCCCCC=COCCCOc1ccccc1. The molecule has 0 fully saturated rings. The van der Waals surface area contributed by atoms with Crippen molar-refractivity contribution in [3.63, 3.8) is 0 Å². The summed E-state index contributed by atoms with van der Waals surface area (Å²) in [7, 11) is 0. The first-order chi connectivity index (χ1) is 10.9. The van der Waals surface area contributed by atoms with Gasteiger partial charge < -0.3 is 9.47 Å². The summed E-state index contributed by atoms with van der Waals surface area (Å²) in [6.45, 7) is 3.69. The van der Waals surface area contributed by atoms with Gasteiger partial charge in [0, 0.05) is 6.42 Å². The van der Waals surface area contributed by atoms with Gasteiger partial charge in [-0.2, -0.15) is 0 Å². The summed E-state index contributed by atoms with van der Waals surface area (Å²) in [5.41, 5.74) is 0. The predicted octanol–water partition coefficient (Wildman–Crippen LogP) is 6.13. The summed E-state index contributed by atoms with van der Waals surface area (Å²) < 4.78 is 11.1. The second-order valence-corrected chi connectivity index (χ2v) is 5.67. The van der Waals surface area contributed by atoms with Crippen molar-refractivity contribution >= 4 is 0 Å². The predicted molar refractivity (Wildman–Crippen MR) is 94.3 cm³/mol. The molecule has 124 valence electrons. The van der Waals surface area contributed by atoms with Crippen molar-refractivity contribution in [1.82, 2.24) is 0 Å². The van der Waals surface area contributed by atoms with Crippen LogP contribution in [0.2, 0.25) is 0 Å². The number of allylic oxidation sites excluding steroid dienone is 1. The Morgan fingerprint density at radius 2 is 1.55 bits per heavy atom. The van der Waals surface area contributed by atoms with Crippen LogP contribution in [0.3, 0.4) is 0 Å². The third-order valence-corrected chi connectivity index (χ3v) is 3.59. The van der Waals surface area contributed by atoms with Crippen LogP contribution in [0, 0.1) is 0 Å². The van der Waals surface area contributed by atoms with Gasteiger partial charge in [0.25, 0.3) is 0 Å². The largest absolute Gasteiger partial charge is 0.501 e. The molecule has 0 aromatic heterocycles. The molecular weight excluding hydrogens is 272 g/mol. The van der Waals surface area contributed by atoms with Crippen LogP contribution in [0.25, 0.3) is 0 Å². The quantitative estimate of drug-likeness (QED) is 0.304. The van der Waals surface area contributed by atoms with Gasteiger partial charge in [-0.3, -0.25) is 0 Å². The van der Waals surface area contributed by atoms with Crippen LogP contribution < -0.4 is 4.74 Å². The Kier molecular flexibility index (Phi) is 12.3. The van der Waals surface area contributed by atoms with E-state index in [-0.39, 0.29) is 0 Å². The van der Waals surface area contributed by atoms with Gasteiger partial charge in [-0.05, 0) is 31.1 Å². The minimum Gasteiger partial charge on any atom is -0.501 e. The minimum atomic E-state index is 0.704. The van der Waals surface area contributed by atoms with Crippen molar-refractivity contribution in [1.29, 1.82) is 0 Å². The van der Waals surface area contributed by atoms with E-state index < -0.39 is 0 Å². The van der Waals surface area contributed by atoms with Gasteiger partial charge in [0.1, 0.15) is 5.75 Å². The zero-order valence-corrected chi connectivity index (χ0v) is 14.1. The van der Waals surface area contributed by atoms with E-state index in [1.54, 1.807) is 0 Å². The highest BCUT2D eigenvalue weighted by molar-refractivity contribution is 5.20. The number of para-hydroxylation sites is 1. The summed E-state index contributed by atoms with van der Waals surface area (Å²) in [6, 6.07) is 9.91. The molecule has 1 aromatic carbocycles. The minimum absolute atomic E-state index is 0.704. The first-order valence-corrected chi connectivity index (χ1v) is 8.88. The Morgan fingerprint density at radius 3 is 2.32 bits per heavy atom. The Bertz CT molecular complexity index is 359. The number of benzene rings is 1. The number of hydrogen-bond donors (Lipinski definition) is 0. The Labute approximate surface area is 136 Å². The molecule has 0 amide bonds. The highest BCUT2D eigenvalue weighted by Gasteiger charge is 1.92. The molecule has 0 atom stereocenters. The van der Waals surface area contributed by atoms with Crippen molar-refractivity contribution < 1.29 is 9.47 Å². The molecule has 0 aliphatic rings. The molecule has 2 heteroatoms. The maximum Gasteiger partial charge on any atom is 0.119 e. The zero-order chi connectivity index (χ0) is 15.7. The van der Waals surface area contributed by atoms with Gasteiger partial charge in [-0.25, -0.2) is 0 Å². The van der Waals surface area contributed by atoms with Crippen molar-refractivity contribution in [3.05, 3.63) is 42.7 Å². The van der Waals surface area contributed by atoms with Gasteiger partial charge in [0.15, 0.2) is 0 Å². The molecule has 1 aromatic rings. The molecule has 2 nitrogen and oxygen atoms in total. The van der Waals surface area contributed by atoms with Crippen LogP contribution in [0.15, 0.2) is 42.7 Å². The molecule has 22 heavy (non-hydrogen) atoms. The van der Waals surface area contributed by atoms with Crippen molar-refractivity contribution in [2.75, 3.05) is 13.2 Å². The van der Waals surface area contributed by atoms with E-state index in [1.165, 1.54) is 44.9 Å². The maximum absolute atomic E-state index is 5.60. The summed E-state index contributed by atoms with van der Waals surface area (Å²) in [5, 5.41) is 0. The fraction of sp³-hybridized carbons (Fsp3) is 0.600. The van der Waals surface area contributed by atoms with Gasteiger partial charge in [-0.15, -0.1) is 0 Å². The summed E-state index contributed by atoms with van der Waals surface area (Å²) in [6.07, 6.45) is 15.6. The Balaban J connectivity index is 1.80. The molecule has 0 unspecified atom stereocenters. The lowest BCUT2D eigenvalue weighted by Gasteiger charge is -2.05. The lowest BCUT2D eigenvalue weighted by Crippen LogP contribution is -2.00. The second-order valence-electron chi connectivity index (χ2n) is 5.67. The van der Waals surface area contributed by atoms with E-state index in [0.717, 1.165) is 25.2 Å². The third kappa shape index (κ3) is 11.2. The van der Waals surface area contributed by atoms with Crippen LogP contribution >= 0.6 is 0 Å². The number of rotatable bonds is 14. The maximum atomic E-state index is 5.60. The third-order valence-electron chi connectivity index (χ3n) is 3.59. The molecule has 0 radical (unpaired) electrons. The fourth-order valence-electron chi connectivity index (χ4n) is 2.27. The first kappa shape index (κ1) is 18.6. The molecule has 0 bridgehead atoms. The van der Waals surface area contributed by atoms with E-state index >= 15 is 0 Å². The van der Waals surface area contributed by atoms with Gasteiger partial charge in [0.05, 0.1) is 19.5 Å². The number of ether oxygens (including phenoxy) is 2. The van der Waals surface area contributed by atoms with E-state index in [2.05, 4.69) is 13.0 Å². The van der Waals surface area contributed by atoms with E-state index in [1.807, 2.05) is 36.6 Å². The van der Waals surface area contributed by atoms with Crippen molar-refractivity contribution in [2.24, 2.45) is 0 Å². The average Bonchev–Trinajstić information content (AvgIpc) is 2.56. The van der Waals surface area contributed by atoms with Crippen LogP contribution in [-0.4, -0.2) is 13.2 Å². The lowest BCUT2D eigenvalue weighted by molar-refractivity contribution is 0.208. The van der Waals surface area contributed by atoms with E-state index in [4.69, 9.17) is 9.47 Å². The molecule has 0 heterocycles. The lowest BCUT2D eigenvalue weighted by atomic mass is 10.1. The topological polar surface area (TPSA) is 18.5 Å². The molecule has 0 aliphatic heterocycles. The molecule has 0 aliphatic carbocycles. The van der Waals surface area contributed by atoms with Crippen LogP contribution in [0.4, 0.5) is 0 Å². The normalized spacial score (nSPS) is 11.0. The molecule has 0 spiro atoms. The summed E-state index contributed by atoms with van der Waals surface area (Å²) in [4.78, 5) is 0. The smallest absolute Gasteiger partial charge is 0.119 e. The van der Waals surface area contributed by atoms with Crippen LogP contribution in [0.5, 0.6) is 5.75 Å². The highest BCUT2D eigenvalue weighted by atomic mass is 16.5. The van der Waals surface area contributed by atoms with E-state index in [0.29, 0.717) is 6.61 Å². The molecule has 0 saturated heterocycles. The fourth-order valence-corrected chi connectivity index (χ4v) is 2.27. The highest BCUT2D eigenvalue weighted by Crippen LogP contribution is 2.09. The van der Waals surface area contributed by atoms with Gasteiger partial charge in [-0.1, -0.05) is 63.6 Å². The first-order valence-electron chi connectivity index (χ1n) is 8.88. The standard InChI is InChI=1S/C20H32O2/c1-2-3-4-5-6-7-8-9-13-17-21-18-14-19-22-20-15-11-10-12-16-20/h10-13,15-17H,2-9,14,18-19H2,1H3. The monoisotopic (exact) mass is 304 g/mol. The number of unbranched alkanes of at least 4 members (excludes halogenated alkanes) is 7. The van der Waals surface area contributed by atoms with Crippen LogP contribution in [-0.2, 0) is 4.74 Å². The molecular formula is C20H32O2. The van der Waals surface area contributed by atoms with Crippen molar-refractivity contribution in [3.8, 4) is 5.75 Å². The summed E-state index contributed by atoms with van der Waals surface area (Å²) in [5.74, 6) is 0.928. The Morgan fingerprint density at radius 1 is 0.818 bits per heavy atom. The molecule has 0 saturated carbocycles. The number of hydrogen-bond acceptors (Lipinski definition) is 2. The second kappa shape index (κ2) is 14.5. The van der Waals surface area contributed by atoms with Crippen LogP contribution in [0.1, 0.15) is 64.7 Å². The average molecular weight is 304 g/mol. The Hall–Kier alpha value is -1.44.